The Kier molecular flexibility index (Phi) is 5.08. The van der Waals surface area contributed by atoms with Crippen LogP contribution in [0, 0.1) is 18.6 Å². The van der Waals surface area contributed by atoms with Crippen molar-refractivity contribution in [2.24, 2.45) is 0 Å². The summed E-state index contributed by atoms with van der Waals surface area (Å²) in [6.45, 7) is 2.83. The van der Waals surface area contributed by atoms with Crippen LogP contribution in [-0.2, 0) is 11.3 Å². The van der Waals surface area contributed by atoms with E-state index in [2.05, 4.69) is 29.7 Å². The van der Waals surface area contributed by atoms with Crippen molar-refractivity contribution in [3.05, 3.63) is 77.5 Å². The van der Waals surface area contributed by atoms with Crippen molar-refractivity contribution in [1.29, 1.82) is 0 Å². The number of para-hydroxylation sites is 1. The number of ketones is 1. The second kappa shape index (κ2) is 7.43. The third-order valence-electron chi connectivity index (χ3n) is 4.23. The van der Waals surface area contributed by atoms with Crippen molar-refractivity contribution < 1.29 is 13.6 Å². The Morgan fingerprint density at radius 3 is 2.68 bits per heavy atom. The van der Waals surface area contributed by atoms with E-state index in [9.17, 15) is 13.6 Å². The number of aromatic nitrogens is 1. The summed E-state index contributed by atoms with van der Waals surface area (Å²) >= 11 is 0. The molecule has 0 saturated carbocycles. The van der Waals surface area contributed by atoms with Gasteiger partial charge in [-0.25, -0.2) is 8.78 Å². The van der Waals surface area contributed by atoms with Crippen LogP contribution in [0.4, 0.5) is 8.78 Å². The molecular weight excluding hydrogens is 320 g/mol. The van der Waals surface area contributed by atoms with Crippen molar-refractivity contribution in [1.82, 2.24) is 4.57 Å². The van der Waals surface area contributed by atoms with Gasteiger partial charge in [-0.05, 0) is 54.6 Å². The molecule has 0 unspecified atom stereocenters. The maximum Gasteiger partial charge on any atom is 0.159 e. The van der Waals surface area contributed by atoms with Crippen LogP contribution in [-0.4, -0.2) is 10.4 Å². The number of hydrogen-bond acceptors (Lipinski definition) is 1. The first-order valence-electron chi connectivity index (χ1n) is 8.25. The number of aryl methyl sites for hydroxylation is 2. The summed E-state index contributed by atoms with van der Waals surface area (Å²) in [4.78, 5) is 12.0. The summed E-state index contributed by atoms with van der Waals surface area (Å²) < 4.78 is 28.2. The van der Waals surface area contributed by atoms with Crippen LogP contribution in [0.25, 0.3) is 17.0 Å². The third-order valence-corrected chi connectivity index (χ3v) is 4.23. The number of hydrogen-bond donors (Lipinski definition) is 0. The minimum Gasteiger partial charge on any atom is -0.345 e. The molecule has 3 rings (SSSR count). The molecule has 0 spiro atoms. The lowest BCUT2D eigenvalue weighted by Crippen LogP contribution is -2.02. The standard InChI is InChI=1S/C21H19F2NO/c1-15-13-17-5-2-3-7-21(17)24(15)12-4-6-18(25)10-8-16-9-11-19(22)20(23)14-16/h2-3,5,7-11,13-14H,4,6,12H2,1H3/b10-8+. The van der Waals surface area contributed by atoms with Crippen molar-refractivity contribution >= 4 is 22.8 Å². The average Bonchev–Trinajstić information content (AvgIpc) is 2.92. The summed E-state index contributed by atoms with van der Waals surface area (Å²) in [5.74, 6) is -1.83. The van der Waals surface area contributed by atoms with Crippen LogP contribution in [0.5, 0.6) is 0 Å². The SMILES string of the molecule is Cc1cc2ccccc2n1CCCC(=O)/C=C/c1ccc(F)c(F)c1. The topological polar surface area (TPSA) is 22.0 Å². The quantitative estimate of drug-likeness (QED) is 0.559. The van der Waals surface area contributed by atoms with Gasteiger partial charge in [-0.15, -0.1) is 0 Å². The van der Waals surface area contributed by atoms with Gasteiger partial charge in [-0.2, -0.15) is 0 Å². The summed E-state index contributed by atoms with van der Waals surface area (Å²) in [5.41, 5.74) is 2.82. The molecule has 0 radical (unpaired) electrons. The molecule has 0 amide bonds. The molecule has 0 saturated heterocycles. The van der Waals surface area contributed by atoms with Gasteiger partial charge in [0.15, 0.2) is 17.4 Å². The predicted molar refractivity (Wildman–Crippen MR) is 96.3 cm³/mol. The zero-order chi connectivity index (χ0) is 17.8. The molecule has 0 aliphatic heterocycles. The van der Waals surface area contributed by atoms with E-state index in [0.29, 0.717) is 12.0 Å². The highest BCUT2D eigenvalue weighted by atomic mass is 19.2. The van der Waals surface area contributed by atoms with Crippen molar-refractivity contribution in [3.63, 3.8) is 0 Å². The zero-order valence-electron chi connectivity index (χ0n) is 14.0. The van der Waals surface area contributed by atoms with Crippen LogP contribution in [0.1, 0.15) is 24.1 Å². The van der Waals surface area contributed by atoms with Gasteiger partial charge in [0.25, 0.3) is 0 Å². The van der Waals surface area contributed by atoms with E-state index < -0.39 is 11.6 Å². The van der Waals surface area contributed by atoms with Crippen LogP contribution in [0.15, 0.2) is 54.6 Å². The molecule has 3 aromatic rings. The minimum atomic E-state index is -0.912. The Hall–Kier alpha value is -2.75. The van der Waals surface area contributed by atoms with Gasteiger partial charge in [-0.3, -0.25) is 4.79 Å². The van der Waals surface area contributed by atoms with Crippen LogP contribution in [0.3, 0.4) is 0 Å². The molecule has 0 bridgehead atoms. The number of benzene rings is 2. The first-order chi connectivity index (χ1) is 12.0. The van der Waals surface area contributed by atoms with E-state index >= 15 is 0 Å². The molecule has 128 valence electrons. The second-order valence-electron chi connectivity index (χ2n) is 6.07. The lowest BCUT2D eigenvalue weighted by atomic mass is 10.1. The first kappa shape index (κ1) is 17.1. The molecule has 4 heteroatoms. The lowest BCUT2D eigenvalue weighted by Gasteiger charge is -2.07. The number of nitrogens with zero attached hydrogens (tertiary/aromatic N) is 1. The molecule has 25 heavy (non-hydrogen) atoms. The fourth-order valence-electron chi connectivity index (χ4n) is 2.95. The van der Waals surface area contributed by atoms with Crippen LogP contribution in [0.2, 0.25) is 0 Å². The maximum absolute atomic E-state index is 13.1. The van der Waals surface area contributed by atoms with Crippen LogP contribution < -0.4 is 0 Å². The van der Waals surface area contributed by atoms with Gasteiger partial charge in [0.1, 0.15) is 0 Å². The lowest BCUT2D eigenvalue weighted by molar-refractivity contribution is -0.114. The number of halogens is 2. The molecule has 1 aromatic heterocycles. The van der Waals surface area contributed by atoms with Gasteiger partial charge in [0.05, 0.1) is 0 Å². The Balaban J connectivity index is 1.58. The number of carbonyl (C=O) groups excluding carboxylic acids is 1. The third kappa shape index (κ3) is 4.02. The van der Waals surface area contributed by atoms with E-state index in [0.717, 1.165) is 25.1 Å². The van der Waals surface area contributed by atoms with Gasteiger partial charge in [0, 0.05) is 24.2 Å². The molecule has 0 fully saturated rings. The molecule has 2 aromatic carbocycles. The molecule has 0 N–H and O–H groups in total. The fraction of sp³-hybridized carbons (Fsp3) is 0.190. The Bertz CT molecular complexity index is 940. The van der Waals surface area contributed by atoms with E-state index in [4.69, 9.17) is 0 Å². The molecule has 2 nitrogen and oxygen atoms in total. The van der Waals surface area contributed by atoms with E-state index in [1.54, 1.807) is 0 Å². The van der Waals surface area contributed by atoms with Crippen molar-refractivity contribution in [2.75, 3.05) is 0 Å². The largest absolute Gasteiger partial charge is 0.345 e. The minimum absolute atomic E-state index is 0.0288. The molecule has 0 atom stereocenters. The number of allylic oxidation sites excluding steroid dienone is 1. The monoisotopic (exact) mass is 339 g/mol. The number of carbonyl (C=O) groups is 1. The van der Waals surface area contributed by atoms with E-state index in [-0.39, 0.29) is 5.78 Å². The van der Waals surface area contributed by atoms with Crippen molar-refractivity contribution in [2.45, 2.75) is 26.3 Å². The zero-order valence-corrected chi connectivity index (χ0v) is 14.0. The number of fused-ring (bicyclic) bond motifs is 1. The summed E-state index contributed by atoms with van der Waals surface area (Å²) in [7, 11) is 0. The Labute approximate surface area is 145 Å². The van der Waals surface area contributed by atoms with Gasteiger partial charge in [0.2, 0.25) is 0 Å². The van der Waals surface area contributed by atoms with Gasteiger partial charge < -0.3 is 4.57 Å². The number of rotatable bonds is 6. The van der Waals surface area contributed by atoms with Gasteiger partial charge >= 0.3 is 0 Å². The van der Waals surface area contributed by atoms with E-state index in [1.165, 1.54) is 34.8 Å². The molecule has 0 aliphatic rings. The van der Waals surface area contributed by atoms with Crippen molar-refractivity contribution in [3.8, 4) is 0 Å². The summed E-state index contributed by atoms with van der Waals surface area (Å²) in [5, 5.41) is 1.20. The first-order valence-corrected chi connectivity index (χ1v) is 8.25. The van der Waals surface area contributed by atoms with Gasteiger partial charge in [-0.1, -0.05) is 30.3 Å². The highest BCUT2D eigenvalue weighted by Crippen LogP contribution is 2.20. The molecular formula is C21H19F2NO. The maximum atomic E-state index is 13.1. The summed E-state index contributed by atoms with van der Waals surface area (Å²) in [6, 6.07) is 13.9. The second-order valence-corrected chi connectivity index (χ2v) is 6.07. The fourth-order valence-corrected chi connectivity index (χ4v) is 2.95. The highest BCUT2D eigenvalue weighted by molar-refractivity contribution is 5.93. The molecule has 0 aliphatic carbocycles. The normalized spacial score (nSPS) is 11.5. The van der Waals surface area contributed by atoms with E-state index in [1.807, 2.05) is 12.1 Å². The Morgan fingerprint density at radius 2 is 1.88 bits per heavy atom. The smallest absolute Gasteiger partial charge is 0.159 e. The Morgan fingerprint density at radius 1 is 1.08 bits per heavy atom. The van der Waals surface area contributed by atoms with Crippen LogP contribution >= 0.6 is 0 Å². The molecule has 1 heterocycles. The highest BCUT2D eigenvalue weighted by Gasteiger charge is 2.06. The predicted octanol–water partition coefficient (Wildman–Crippen LogP) is 5.29. The average molecular weight is 339 g/mol. The summed E-state index contributed by atoms with van der Waals surface area (Å²) in [6.07, 6.45) is 4.07.